The monoisotopic (exact) mass is 243 g/mol. The third-order valence-electron chi connectivity index (χ3n) is 2.86. The Morgan fingerprint density at radius 1 is 1.18 bits per heavy atom. The van der Waals surface area contributed by atoms with Crippen LogP contribution in [0.3, 0.4) is 0 Å². The number of nitrogens with zero attached hydrogens (tertiary/aromatic N) is 1. The molecule has 1 aromatic heterocycles. The number of halogens is 2. The van der Waals surface area contributed by atoms with Crippen LogP contribution < -0.4 is 5.56 Å². The Morgan fingerprint density at radius 2 is 1.71 bits per heavy atom. The van der Waals surface area contributed by atoms with Gasteiger partial charge in [-0.1, -0.05) is 13.8 Å². The predicted molar refractivity (Wildman–Crippen MR) is 64.9 cm³/mol. The van der Waals surface area contributed by atoms with Gasteiger partial charge in [0.25, 0.3) is 12.0 Å². The summed E-state index contributed by atoms with van der Waals surface area (Å²) < 4.78 is 27.4. The molecule has 0 aromatic carbocycles. The SMILES string of the molecule is Cc1cc(C(C)C)c(C(F)F)c(=O)n1C(C)C. The van der Waals surface area contributed by atoms with Crippen molar-refractivity contribution in [2.24, 2.45) is 0 Å². The lowest BCUT2D eigenvalue weighted by Crippen LogP contribution is -2.29. The van der Waals surface area contributed by atoms with E-state index in [9.17, 15) is 13.6 Å². The van der Waals surface area contributed by atoms with Crippen molar-refractivity contribution in [1.29, 1.82) is 0 Å². The van der Waals surface area contributed by atoms with E-state index < -0.39 is 12.0 Å². The van der Waals surface area contributed by atoms with Gasteiger partial charge in [-0.15, -0.1) is 0 Å². The van der Waals surface area contributed by atoms with Crippen molar-refractivity contribution in [3.8, 4) is 0 Å². The zero-order valence-electron chi connectivity index (χ0n) is 10.9. The average Bonchev–Trinajstić information content (AvgIpc) is 2.14. The molecule has 0 radical (unpaired) electrons. The van der Waals surface area contributed by atoms with Crippen LogP contribution in [-0.2, 0) is 0 Å². The van der Waals surface area contributed by atoms with Gasteiger partial charge in [-0.05, 0) is 38.3 Å². The standard InChI is InChI=1S/C13H19F2NO/c1-7(2)10-6-9(5)16(8(3)4)13(17)11(10)12(14)15/h6-8,12H,1-5H3. The van der Waals surface area contributed by atoms with E-state index in [-0.39, 0.29) is 17.5 Å². The van der Waals surface area contributed by atoms with Crippen LogP contribution in [0.1, 0.15) is 62.9 Å². The smallest absolute Gasteiger partial charge is 0.269 e. The number of aryl methyl sites for hydroxylation is 1. The summed E-state index contributed by atoms with van der Waals surface area (Å²) >= 11 is 0. The third-order valence-corrected chi connectivity index (χ3v) is 2.86. The van der Waals surface area contributed by atoms with Gasteiger partial charge in [-0.25, -0.2) is 8.78 Å². The van der Waals surface area contributed by atoms with Crippen LogP contribution in [0.4, 0.5) is 8.78 Å². The van der Waals surface area contributed by atoms with E-state index in [0.29, 0.717) is 5.56 Å². The van der Waals surface area contributed by atoms with Gasteiger partial charge in [0.15, 0.2) is 0 Å². The molecule has 0 bridgehead atoms. The maximum atomic E-state index is 13.0. The van der Waals surface area contributed by atoms with Crippen molar-refractivity contribution < 1.29 is 8.78 Å². The molecule has 0 amide bonds. The average molecular weight is 243 g/mol. The van der Waals surface area contributed by atoms with Crippen LogP contribution in [0.5, 0.6) is 0 Å². The minimum Gasteiger partial charge on any atom is -0.310 e. The van der Waals surface area contributed by atoms with Crippen LogP contribution in [0, 0.1) is 6.92 Å². The van der Waals surface area contributed by atoms with Crippen LogP contribution >= 0.6 is 0 Å². The van der Waals surface area contributed by atoms with Gasteiger partial charge < -0.3 is 4.57 Å². The molecule has 1 heterocycles. The molecule has 0 saturated heterocycles. The van der Waals surface area contributed by atoms with Gasteiger partial charge in [0.1, 0.15) is 0 Å². The molecule has 1 aromatic rings. The first-order chi connectivity index (χ1) is 7.77. The van der Waals surface area contributed by atoms with Crippen molar-refractivity contribution in [1.82, 2.24) is 4.57 Å². The lowest BCUT2D eigenvalue weighted by atomic mass is 9.97. The maximum Gasteiger partial charge on any atom is 0.269 e. The molecule has 1 rings (SSSR count). The fraction of sp³-hybridized carbons (Fsp3) is 0.615. The van der Waals surface area contributed by atoms with Gasteiger partial charge in [0.05, 0.1) is 5.56 Å². The summed E-state index contributed by atoms with van der Waals surface area (Å²) in [6.45, 7) is 9.06. The highest BCUT2D eigenvalue weighted by Crippen LogP contribution is 2.27. The Labute approximate surface area is 100 Å². The van der Waals surface area contributed by atoms with Crippen molar-refractivity contribution in [2.45, 2.75) is 53.0 Å². The van der Waals surface area contributed by atoms with E-state index >= 15 is 0 Å². The minimum absolute atomic E-state index is 0.0767. The Hall–Kier alpha value is -1.19. The molecule has 0 aliphatic heterocycles. The van der Waals surface area contributed by atoms with Gasteiger partial charge in [0.2, 0.25) is 0 Å². The molecule has 4 heteroatoms. The second-order valence-electron chi connectivity index (χ2n) is 4.88. The lowest BCUT2D eigenvalue weighted by molar-refractivity contribution is 0.147. The largest absolute Gasteiger partial charge is 0.310 e. The summed E-state index contributed by atoms with van der Waals surface area (Å²) in [5.41, 5.74) is 0.288. The molecule has 0 fully saturated rings. The van der Waals surface area contributed by atoms with Crippen LogP contribution in [0.2, 0.25) is 0 Å². The topological polar surface area (TPSA) is 22.0 Å². The molecule has 0 aliphatic carbocycles. The summed E-state index contributed by atoms with van der Waals surface area (Å²) in [5, 5.41) is 0. The van der Waals surface area contributed by atoms with E-state index in [0.717, 1.165) is 5.69 Å². The number of rotatable bonds is 3. The van der Waals surface area contributed by atoms with Crippen molar-refractivity contribution in [3.05, 3.63) is 33.2 Å². The molecule has 0 unspecified atom stereocenters. The highest BCUT2D eigenvalue weighted by atomic mass is 19.3. The number of pyridine rings is 1. The van der Waals surface area contributed by atoms with E-state index in [2.05, 4.69) is 0 Å². The van der Waals surface area contributed by atoms with Gasteiger partial charge in [-0.3, -0.25) is 4.79 Å². The molecular formula is C13H19F2NO. The normalized spacial score (nSPS) is 11.9. The quantitative estimate of drug-likeness (QED) is 0.791. The summed E-state index contributed by atoms with van der Waals surface area (Å²) in [4.78, 5) is 12.1. The van der Waals surface area contributed by atoms with Crippen LogP contribution in [0.25, 0.3) is 0 Å². The zero-order chi connectivity index (χ0) is 13.3. The molecule has 2 nitrogen and oxygen atoms in total. The third kappa shape index (κ3) is 2.56. The summed E-state index contributed by atoms with van der Waals surface area (Å²) in [6, 6.07) is 1.59. The van der Waals surface area contributed by atoms with Crippen molar-refractivity contribution in [2.75, 3.05) is 0 Å². The predicted octanol–water partition coefficient (Wildman–Crippen LogP) is 3.80. The Bertz CT molecular complexity index is 461. The number of hydrogen-bond donors (Lipinski definition) is 0. The molecule has 0 atom stereocenters. The lowest BCUT2D eigenvalue weighted by Gasteiger charge is -2.20. The summed E-state index contributed by atoms with van der Waals surface area (Å²) in [7, 11) is 0. The van der Waals surface area contributed by atoms with Crippen molar-refractivity contribution in [3.63, 3.8) is 0 Å². The van der Waals surface area contributed by atoms with E-state index in [1.807, 2.05) is 27.7 Å². The van der Waals surface area contributed by atoms with E-state index in [1.54, 1.807) is 13.0 Å². The van der Waals surface area contributed by atoms with Crippen molar-refractivity contribution >= 4 is 0 Å². The highest BCUT2D eigenvalue weighted by molar-refractivity contribution is 5.31. The first-order valence-corrected chi connectivity index (χ1v) is 5.81. The molecule has 0 saturated carbocycles. The summed E-state index contributed by atoms with van der Waals surface area (Å²) in [6.07, 6.45) is -2.72. The van der Waals surface area contributed by atoms with Gasteiger partial charge in [0, 0.05) is 11.7 Å². The second-order valence-corrected chi connectivity index (χ2v) is 4.88. The maximum absolute atomic E-state index is 13.0. The Balaban J connectivity index is 3.65. The second kappa shape index (κ2) is 4.98. The first kappa shape index (κ1) is 13.9. The van der Waals surface area contributed by atoms with E-state index in [1.165, 1.54) is 4.57 Å². The Morgan fingerprint density at radius 3 is 2.06 bits per heavy atom. The molecule has 17 heavy (non-hydrogen) atoms. The highest BCUT2D eigenvalue weighted by Gasteiger charge is 2.23. The van der Waals surface area contributed by atoms with Crippen LogP contribution in [0.15, 0.2) is 10.9 Å². The summed E-state index contributed by atoms with van der Waals surface area (Å²) in [5.74, 6) is -0.0767. The molecular weight excluding hydrogens is 224 g/mol. The molecule has 0 aliphatic rings. The number of aromatic nitrogens is 1. The van der Waals surface area contributed by atoms with E-state index in [4.69, 9.17) is 0 Å². The number of alkyl halides is 2. The van der Waals surface area contributed by atoms with Gasteiger partial charge in [-0.2, -0.15) is 0 Å². The Kier molecular flexibility index (Phi) is 4.07. The molecule has 96 valence electrons. The fourth-order valence-electron chi connectivity index (χ4n) is 2.12. The first-order valence-electron chi connectivity index (χ1n) is 5.81. The van der Waals surface area contributed by atoms with Gasteiger partial charge >= 0.3 is 0 Å². The minimum atomic E-state index is -2.72. The molecule has 0 spiro atoms. The molecule has 0 N–H and O–H groups in total. The fourth-order valence-corrected chi connectivity index (χ4v) is 2.12. The van der Waals surface area contributed by atoms with Crippen LogP contribution in [-0.4, -0.2) is 4.57 Å². The number of hydrogen-bond acceptors (Lipinski definition) is 1. The zero-order valence-corrected chi connectivity index (χ0v) is 10.9.